The van der Waals surface area contributed by atoms with Gasteiger partial charge in [0, 0.05) is 15.0 Å². The van der Waals surface area contributed by atoms with Crippen molar-refractivity contribution in [1.29, 1.82) is 0 Å². The highest BCUT2D eigenvalue weighted by molar-refractivity contribution is 9.10. The van der Waals surface area contributed by atoms with E-state index in [-0.39, 0.29) is 5.97 Å². The van der Waals surface area contributed by atoms with Gasteiger partial charge < -0.3 is 15.4 Å². The third kappa shape index (κ3) is 4.40. The van der Waals surface area contributed by atoms with Gasteiger partial charge in [-0.25, -0.2) is 4.79 Å². The summed E-state index contributed by atoms with van der Waals surface area (Å²) in [7, 11) is 0. The van der Waals surface area contributed by atoms with Gasteiger partial charge in [-0.15, -0.1) is 11.3 Å². The van der Waals surface area contributed by atoms with Crippen molar-refractivity contribution in [2.45, 2.75) is 32.6 Å². The van der Waals surface area contributed by atoms with E-state index >= 15 is 0 Å². The van der Waals surface area contributed by atoms with Crippen LogP contribution in [0.2, 0.25) is 0 Å². The number of ether oxygens (including phenoxy) is 1. The summed E-state index contributed by atoms with van der Waals surface area (Å²) in [6.07, 6.45) is 4.21. The zero-order chi connectivity index (χ0) is 17.8. The lowest BCUT2D eigenvalue weighted by molar-refractivity contribution is 0.0526. The van der Waals surface area contributed by atoms with Crippen LogP contribution < -0.4 is 10.6 Å². The third-order valence-corrected chi connectivity index (χ3v) is 5.92. The number of rotatable bonds is 4. The van der Waals surface area contributed by atoms with E-state index in [9.17, 15) is 4.79 Å². The maximum Gasteiger partial charge on any atom is 0.341 e. The molecule has 7 heteroatoms. The molecule has 0 saturated carbocycles. The van der Waals surface area contributed by atoms with Crippen molar-refractivity contribution in [3.63, 3.8) is 0 Å². The number of aryl methyl sites for hydroxylation is 1. The number of hydrogen-bond acceptors (Lipinski definition) is 4. The van der Waals surface area contributed by atoms with Crippen LogP contribution in [-0.2, 0) is 17.6 Å². The Kier molecular flexibility index (Phi) is 6.09. The minimum absolute atomic E-state index is 0.268. The summed E-state index contributed by atoms with van der Waals surface area (Å²) < 4.78 is 6.27. The summed E-state index contributed by atoms with van der Waals surface area (Å²) >= 11 is 10.4. The number of thiophene rings is 1. The van der Waals surface area contributed by atoms with E-state index < -0.39 is 0 Å². The lowest BCUT2D eigenvalue weighted by Gasteiger charge is -2.13. The van der Waals surface area contributed by atoms with Crippen molar-refractivity contribution >= 4 is 61.3 Å². The molecule has 1 heterocycles. The molecule has 0 fully saturated rings. The third-order valence-electron chi connectivity index (χ3n) is 3.98. The quantitative estimate of drug-likeness (QED) is 0.495. The smallest absolute Gasteiger partial charge is 0.341 e. The number of nitrogens with one attached hydrogen (secondary N) is 2. The van der Waals surface area contributed by atoms with Gasteiger partial charge in [0.25, 0.3) is 0 Å². The van der Waals surface area contributed by atoms with Gasteiger partial charge in [0.1, 0.15) is 5.00 Å². The van der Waals surface area contributed by atoms with E-state index in [1.165, 1.54) is 4.88 Å². The number of thiocarbonyl (C=S) groups is 1. The molecular weight excluding hydrogens is 420 g/mol. The second-order valence-electron chi connectivity index (χ2n) is 5.72. The predicted octanol–water partition coefficient (Wildman–Crippen LogP) is 5.38. The normalized spacial score (nSPS) is 13.0. The topological polar surface area (TPSA) is 50.4 Å². The molecule has 1 aromatic heterocycles. The van der Waals surface area contributed by atoms with E-state index in [0.717, 1.165) is 46.4 Å². The first-order valence-corrected chi connectivity index (χ1v) is 10.3. The van der Waals surface area contributed by atoms with Crippen molar-refractivity contribution in [2.24, 2.45) is 0 Å². The monoisotopic (exact) mass is 438 g/mol. The Morgan fingerprint density at radius 1 is 1.24 bits per heavy atom. The van der Waals surface area contributed by atoms with Crippen LogP contribution in [0.1, 0.15) is 40.6 Å². The average Bonchev–Trinajstić information content (AvgIpc) is 2.95. The largest absolute Gasteiger partial charge is 0.462 e. The molecule has 0 radical (unpaired) electrons. The molecule has 0 saturated heterocycles. The first kappa shape index (κ1) is 18.4. The molecule has 0 unspecified atom stereocenters. The van der Waals surface area contributed by atoms with Crippen LogP contribution in [-0.4, -0.2) is 17.7 Å². The molecule has 1 aromatic carbocycles. The maximum absolute atomic E-state index is 12.5. The molecule has 0 aliphatic heterocycles. The lowest BCUT2D eigenvalue weighted by Crippen LogP contribution is -2.20. The Hall–Kier alpha value is -1.44. The standard InChI is InChI=1S/C18H19BrN2O2S2/c1-2-23-17(22)15-13-5-3-4-6-14(13)25-16(15)21-18(24)20-12-9-7-11(19)8-10-12/h7-10H,2-6H2,1H3,(H2,20,21,24). The van der Waals surface area contributed by atoms with Crippen molar-refractivity contribution in [1.82, 2.24) is 0 Å². The molecule has 0 spiro atoms. The van der Waals surface area contributed by atoms with Crippen LogP contribution in [0.25, 0.3) is 0 Å². The maximum atomic E-state index is 12.5. The van der Waals surface area contributed by atoms with Gasteiger partial charge in [0.05, 0.1) is 12.2 Å². The molecule has 4 nitrogen and oxygen atoms in total. The molecule has 0 atom stereocenters. The number of fused-ring (bicyclic) bond motifs is 1. The highest BCUT2D eigenvalue weighted by Gasteiger charge is 2.26. The number of hydrogen-bond donors (Lipinski definition) is 2. The first-order valence-electron chi connectivity index (χ1n) is 8.23. The molecule has 25 heavy (non-hydrogen) atoms. The van der Waals surface area contributed by atoms with Crippen molar-refractivity contribution in [3.05, 3.63) is 44.7 Å². The van der Waals surface area contributed by atoms with Gasteiger partial charge in [-0.05, 0) is 74.7 Å². The molecule has 3 rings (SSSR count). The Morgan fingerprint density at radius 3 is 2.68 bits per heavy atom. The van der Waals surface area contributed by atoms with Gasteiger partial charge >= 0.3 is 5.97 Å². The van der Waals surface area contributed by atoms with E-state index in [1.807, 2.05) is 31.2 Å². The van der Waals surface area contributed by atoms with Crippen molar-refractivity contribution in [2.75, 3.05) is 17.2 Å². The Bertz CT molecular complexity index is 787. The summed E-state index contributed by atoms with van der Waals surface area (Å²) in [6.45, 7) is 2.19. The van der Waals surface area contributed by atoms with Crippen LogP contribution in [0.5, 0.6) is 0 Å². The second-order valence-corrected chi connectivity index (χ2v) is 8.15. The molecule has 2 aromatic rings. The molecular formula is C18H19BrN2O2S2. The number of anilines is 2. The van der Waals surface area contributed by atoms with Gasteiger partial charge in [-0.2, -0.15) is 0 Å². The molecule has 1 aliphatic carbocycles. The number of carbonyl (C=O) groups excluding carboxylic acids is 1. The Morgan fingerprint density at radius 2 is 1.96 bits per heavy atom. The Balaban J connectivity index is 1.81. The summed E-state index contributed by atoms with van der Waals surface area (Å²) in [6, 6.07) is 7.76. The van der Waals surface area contributed by atoms with Gasteiger partial charge in [0.15, 0.2) is 5.11 Å². The number of carbonyl (C=O) groups is 1. The fourth-order valence-electron chi connectivity index (χ4n) is 2.87. The van der Waals surface area contributed by atoms with Crippen molar-refractivity contribution < 1.29 is 9.53 Å². The van der Waals surface area contributed by atoms with Crippen LogP contribution in [0.4, 0.5) is 10.7 Å². The fraction of sp³-hybridized carbons (Fsp3) is 0.333. The molecule has 2 N–H and O–H groups in total. The van der Waals surface area contributed by atoms with E-state index in [4.69, 9.17) is 17.0 Å². The summed E-state index contributed by atoms with van der Waals surface area (Å²) in [5.74, 6) is -0.268. The zero-order valence-electron chi connectivity index (χ0n) is 13.9. The first-order chi connectivity index (χ1) is 12.1. The number of halogens is 1. The van der Waals surface area contributed by atoms with E-state index in [2.05, 4.69) is 26.6 Å². The molecule has 132 valence electrons. The predicted molar refractivity (Wildman–Crippen MR) is 111 cm³/mol. The van der Waals surface area contributed by atoms with Crippen LogP contribution in [0, 0.1) is 0 Å². The van der Waals surface area contributed by atoms with Gasteiger partial charge in [0.2, 0.25) is 0 Å². The summed E-state index contributed by atoms with van der Waals surface area (Å²) in [5.41, 5.74) is 2.67. The summed E-state index contributed by atoms with van der Waals surface area (Å²) in [5, 5.41) is 7.59. The van der Waals surface area contributed by atoms with Crippen molar-refractivity contribution in [3.8, 4) is 0 Å². The highest BCUT2D eigenvalue weighted by Crippen LogP contribution is 2.38. The number of benzene rings is 1. The minimum Gasteiger partial charge on any atom is -0.462 e. The van der Waals surface area contributed by atoms with Crippen LogP contribution >= 0.6 is 39.5 Å². The molecule has 1 aliphatic rings. The highest BCUT2D eigenvalue weighted by atomic mass is 79.9. The summed E-state index contributed by atoms with van der Waals surface area (Å²) in [4.78, 5) is 13.7. The van der Waals surface area contributed by atoms with E-state index in [0.29, 0.717) is 17.3 Å². The number of esters is 1. The SMILES string of the molecule is CCOC(=O)c1c(NC(=S)Nc2ccc(Br)cc2)sc2c1CCCC2. The minimum atomic E-state index is -0.268. The van der Waals surface area contributed by atoms with Gasteiger partial charge in [-0.1, -0.05) is 15.9 Å². The fourth-order valence-corrected chi connectivity index (χ4v) is 4.70. The lowest BCUT2D eigenvalue weighted by atomic mass is 9.95. The Labute approximate surface area is 165 Å². The van der Waals surface area contributed by atoms with E-state index in [1.54, 1.807) is 11.3 Å². The van der Waals surface area contributed by atoms with Crippen LogP contribution in [0.15, 0.2) is 28.7 Å². The molecule has 0 bridgehead atoms. The zero-order valence-corrected chi connectivity index (χ0v) is 17.1. The average molecular weight is 439 g/mol. The van der Waals surface area contributed by atoms with Gasteiger partial charge in [-0.3, -0.25) is 0 Å². The second kappa shape index (κ2) is 8.29. The van der Waals surface area contributed by atoms with Crippen LogP contribution in [0.3, 0.4) is 0 Å². The molecule has 0 amide bonds.